The molecule has 3 aromatic carbocycles. The number of hydrogen-bond acceptors (Lipinski definition) is 4. The van der Waals surface area contributed by atoms with Crippen molar-refractivity contribution in [2.45, 2.75) is 66.7 Å². The molecule has 0 atom stereocenters. The molecule has 1 heterocycles. The van der Waals surface area contributed by atoms with Crippen molar-refractivity contribution in [2.24, 2.45) is 0 Å². The van der Waals surface area contributed by atoms with Gasteiger partial charge in [-0.1, -0.05) is 24.3 Å². The third-order valence-electron chi connectivity index (χ3n) is 6.10. The molecule has 0 saturated carbocycles. The first-order valence-electron chi connectivity index (χ1n) is 11.9. The van der Waals surface area contributed by atoms with E-state index >= 15 is 0 Å². The lowest BCUT2D eigenvalue weighted by Crippen LogP contribution is -2.37. The van der Waals surface area contributed by atoms with Crippen molar-refractivity contribution >= 4 is 22.7 Å². The van der Waals surface area contributed by atoms with Gasteiger partial charge in [-0.15, -0.1) is 0 Å². The molecule has 0 aromatic heterocycles. The number of para-hydroxylation sites is 1. The highest BCUT2D eigenvalue weighted by molar-refractivity contribution is 5.97. The topological polar surface area (TPSA) is 24.9 Å². The highest BCUT2D eigenvalue weighted by atomic mass is 16.5. The van der Waals surface area contributed by atoms with Crippen LogP contribution in [-0.2, 0) is 0 Å². The molecule has 0 aliphatic carbocycles. The van der Waals surface area contributed by atoms with Crippen LogP contribution in [-0.4, -0.2) is 25.3 Å². The van der Waals surface area contributed by atoms with E-state index in [9.17, 15) is 0 Å². The molecule has 33 heavy (non-hydrogen) atoms. The summed E-state index contributed by atoms with van der Waals surface area (Å²) in [4.78, 5) is 4.93. The van der Waals surface area contributed by atoms with Gasteiger partial charge < -0.3 is 19.3 Å². The molecule has 1 aliphatic heterocycles. The summed E-state index contributed by atoms with van der Waals surface area (Å²) in [5.74, 6) is 1.66. The Labute approximate surface area is 198 Å². The van der Waals surface area contributed by atoms with E-state index in [0.29, 0.717) is 12.1 Å². The number of rotatable bonds is 6. The molecule has 0 radical (unpaired) electrons. The van der Waals surface area contributed by atoms with Gasteiger partial charge in [-0.05, 0) is 89.9 Å². The van der Waals surface area contributed by atoms with Crippen molar-refractivity contribution in [1.29, 1.82) is 0 Å². The zero-order valence-corrected chi connectivity index (χ0v) is 21.1. The molecule has 0 unspecified atom stereocenters. The molecule has 1 aliphatic rings. The minimum absolute atomic E-state index is 0.0759. The predicted octanol–water partition coefficient (Wildman–Crippen LogP) is 7.86. The van der Waals surface area contributed by atoms with Crippen LogP contribution in [0.3, 0.4) is 0 Å². The van der Waals surface area contributed by atoms with Crippen LogP contribution in [0.2, 0.25) is 0 Å². The average Bonchev–Trinajstić information content (AvgIpc) is 2.76. The number of anilines is 4. The minimum atomic E-state index is 0.0759. The van der Waals surface area contributed by atoms with Crippen molar-refractivity contribution in [1.82, 2.24) is 0 Å². The van der Waals surface area contributed by atoms with Gasteiger partial charge in [0.2, 0.25) is 0 Å². The molecular weight excluding hydrogens is 408 g/mol. The quantitative estimate of drug-likeness (QED) is 0.386. The maximum atomic E-state index is 6.19. The minimum Gasteiger partial charge on any atom is -0.496 e. The lowest BCUT2D eigenvalue weighted by molar-refractivity contribution is 0.242. The molecule has 4 nitrogen and oxygen atoms in total. The van der Waals surface area contributed by atoms with E-state index in [4.69, 9.17) is 9.47 Å². The number of fused-ring (bicyclic) bond motifs is 2. The van der Waals surface area contributed by atoms with Gasteiger partial charge in [-0.3, -0.25) is 0 Å². The van der Waals surface area contributed by atoms with E-state index in [1.165, 1.54) is 28.3 Å². The highest BCUT2D eigenvalue weighted by Crippen LogP contribution is 2.53. The van der Waals surface area contributed by atoms with Crippen molar-refractivity contribution in [3.8, 4) is 22.6 Å². The van der Waals surface area contributed by atoms with Gasteiger partial charge in [0.1, 0.15) is 11.5 Å². The lowest BCUT2D eigenvalue weighted by Gasteiger charge is -2.45. The summed E-state index contributed by atoms with van der Waals surface area (Å²) in [5, 5.41) is 0. The van der Waals surface area contributed by atoms with Gasteiger partial charge in [0.15, 0.2) is 0 Å². The molecular formula is C29H36N2O2. The van der Waals surface area contributed by atoms with Crippen LogP contribution >= 0.6 is 0 Å². The zero-order chi connectivity index (χ0) is 23.9. The molecule has 0 saturated heterocycles. The van der Waals surface area contributed by atoms with Crippen molar-refractivity contribution in [3.05, 3.63) is 60.2 Å². The van der Waals surface area contributed by atoms with Crippen LogP contribution in [0, 0.1) is 6.92 Å². The maximum absolute atomic E-state index is 6.19. The molecule has 0 fully saturated rings. The first kappa shape index (κ1) is 23.0. The third kappa shape index (κ3) is 4.03. The van der Waals surface area contributed by atoms with Gasteiger partial charge in [0.05, 0.1) is 41.5 Å². The summed E-state index contributed by atoms with van der Waals surface area (Å²) in [5.41, 5.74) is 8.35. The highest BCUT2D eigenvalue weighted by Gasteiger charge is 2.32. The van der Waals surface area contributed by atoms with Gasteiger partial charge in [-0.25, -0.2) is 0 Å². The first-order valence-corrected chi connectivity index (χ1v) is 11.9. The van der Waals surface area contributed by atoms with Crippen LogP contribution in [0.15, 0.2) is 54.6 Å². The predicted molar refractivity (Wildman–Crippen MR) is 140 cm³/mol. The van der Waals surface area contributed by atoms with Crippen molar-refractivity contribution < 1.29 is 9.47 Å². The van der Waals surface area contributed by atoms with E-state index in [1.54, 1.807) is 7.11 Å². The maximum Gasteiger partial charge on any atom is 0.131 e. The van der Waals surface area contributed by atoms with Gasteiger partial charge in [-0.2, -0.15) is 0 Å². The van der Waals surface area contributed by atoms with E-state index in [2.05, 4.69) is 94.7 Å². The summed E-state index contributed by atoms with van der Waals surface area (Å²) in [6, 6.07) is 20.0. The summed E-state index contributed by atoms with van der Waals surface area (Å²) in [6.07, 6.45) is 0.0759. The first-order chi connectivity index (χ1) is 15.7. The largest absolute Gasteiger partial charge is 0.496 e. The Kier molecular flexibility index (Phi) is 6.29. The van der Waals surface area contributed by atoms with Crippen LogP contribution in [0.1, 0.15) is 47.1 Å². The average molecular weight is 445 g/mol. The van der Waals surface area contributed by atoms with Crippen LogP contribution in [0.25, 0.3) is 11.1 Å². The fourth-order valence-electron chi connectivity index (χ4n) is 4.89. The lowest BCUT2D eigenvalue weighted by atomic mass is 9.96. The van der Waals surface area contributed by atoms with E-state index in [1.807, 2.05) is 18.2 Å². The van der Waals surface area contributed by atoms with Crippen LogP contribution in [0.4, 0.5) is 22.7 Å². The number of hydrogen-bond donors (Lipinski definition) is 0. The van der Waals surface area contributed by atoms with E-state index in [0.717, 1.165) is 22.6 Å². The number of benzene rings is 3. The molecule has 0 bridgehead atoms. The molecule has 174 valence electrons. The van der Waals surface area contributed by atoms with Crippen LogP contribution < -0.4 is 19.3 Å². The zero-order valence-electron chi connectivity index (χ0n) is 21.1. The Morgan fingerprint density at radius 3 is 2.00 bits per heavy atom. The second kappa shape index (κ2) is 9.01. The Hall–Kier alpha value is -3.14. The summed E-state index contributed by atoms with van der Waals surface area (Å²) in [6.45, 7) is 15.3. The van der Waals surface area contributed by atoms with E-state index in [-0.39, 0.29) is 6.10 Å². The number of nitrogens with zero attached hydrogens (tertiary/aromatic N) is 2. The molecule has 0 N–H and O–H groups in total. The summed E-state index contributed by atoms with van der Waals surface area (Å²) < 4.78 is 12.0. The SMILES string of the molecule is COc1cccc(OC(C)C)c1-c1ccc2c(c1)N(C(C)C)c1cccc(C)c1N2C(C)C. The van der Waals surface area contributed by atoms with Crippen molar-refractivity contribution in [2.75, 3.05) is 16.9 Å². The van der Waals surface area contributed by atoms with Crippen LogP contribution in [0.5, 0.6) is 11.5 Å². The monoisotopic (exact) mass is 444 g/mol. The van der Waals surface area contributed by atoms with Crippen molar-refractivity contribution in [3.63, 3.8) is 0 Å². The summed E-state index contributed by atoms with van der Waals surface area (Å²) >= 11 is 0. The Balaban J connectivity index is 1.98. The molecule has 0 amide bonds. The Bertz CT molecular complexity index is 1150. The van der Waals surface area contributed by atoms with Gasteiger partial charge >= 0.3 is 0 Å². The number of methoxy groups -OCH3 is 1. The fourth-order valence-corrected chi connectivity index (χ4v) is 4.89. The fraction of sp³-hybridized carbons (Fsp3) is 0.379. The molecule has 4 heteroatoms. The van der Waals surface area contributed by atoms with E-state index < -0.39 is 0 Å². The number of ether oxygens (including phenoxy) is 2. The molecule has 0 spiro atoms. The third-order valence-corrected chi connectivity index (χ3v) is 6.10. The number of aryl methyl sites for hydroxylation is 1. The Morgan fingerprint density at radius 2 is 1.36 bits per heavy atom. The smallest absolute Gasteiger partial charge is 0.131 e. The normalized spacial score (nSPS) is 12.9. The summed E-state index contributed by atoms with van der Waals surface area (Å²) in [7, 11) is 1.72. The second-order valence-corrected chi connectivity index (χ2v) is 9.57. The second-order valence-electron chi connectivity index (χ2n) is 9.57. The molecule has 3 aromatic rings. The molecule has 4 rings (SSSR count). The standard InChI is InChI=1S/C29H36N2O2/c1-18(2)30-24-12-9-11-21(7)29(24)31(19(3)4)23-16-15-22(17-25(23)30)28-26(32-8)13-10-14-27(28)33-20(5)6/h9-20H,1-8H3. The Morgan fingerprint density at radius 1 is 0.697 bits per heavy atom. The van der Waals surface area contributed by atoms with Gasteiger partial charge in [0, 0.05) is 12.1 Å². The van der Waals surface area contributed by atoms with Gasteiger partial charge in [0.25, 0.3) is 0 Å².